The molecule has 0 atom stereocenters. The van der Waals surface area contributed by atoms with Gasteiger partial charge in [-0.25, -0.2) is 4.68 Å². The fraction of sp³-hybridized carbons (Fsp3) is 0.250. The molecule has 29 heavy (non-hydrogen) atoms. The SMILES string of the molecule is CC(C)(C)COc1ccc(-n2ncc(C(=O)C3=Cc4ccccc4C3)c2N)cc1. The fourth-order valence-corrected chi connectivity index (χ4v) is 3.32. The minimum Gasteiger partial charge on any atom is -0.493 e. The highest BCUT2D eigenvalue weighted by atomic mass is 16.5. The quantitative estimate of drug-likeness (QED) is 0.644. The number of Topliss-reactive ketones (excluding diaryl/α,β-unsaturated/α-hetero) is 1. The lowest BCUT2D eigenvalue weighted by Crippen LogP contribution is -2.16. The molecule has 0 aliphatic heterocycles. The van der Waals surface area contributed by atoms with Crippen molar-refractivity contribution >= 4 is 17.7 Å². The van der Waals surface area contributed by atoms with E-state index in [1.807, 2.05) is 54.6 Å². The van der Waals surface area contributed by atoms with Crippen LogP contribution in [0.1, 0.15) is 42.3 Å². The van der Waals surface area contributed by atoms with Gasteiger partial charge in [-0.2, -0.15) is 5.10 Å². The molecule has 5 nitrogen and oxygen atoms in total. The number of allylic oxidation sites excluding steroid dienone is 1. The third-order valence-corrected chi connectivity index (χ3v) is 4.86. The molecule has 0 radical (unpaired) electrons. The predicted molar refractivity (Wildman–Crippen MR) is 115 cm³/mol. The van der Waals surface area contributed by atoms with E-state index in [4.69, 9.17) is 10.5 Å². The maximum absolute atomic E-state index is 13.0. The molecule has 0 unspecified atom stereocenters. The molecule has 3 aromatic rings. The molecule has 4 rings (SSSR count). The van der Waals surface area contributed by atoms with Crippen molar-refractivity contribution in [3.8, 4) is 11.4 Å². The molecule has 0 saturated heterocycles. The zero-order chi connectivity index (χ0) is 20.6. The van der Waals surface area contributed by atoms with Gasteiger partial charge in [0, 0.05) is 12.0 Å². The molecule has 0 bridgehead atoms. The number of ether oxygens (including phenoxy) is 1. The molecule has 2 aromatic carbocycles. The molecule has 148 valence electrons. The highest BCUT2D eigenvalue weighted by Gasteiger charge is 2.23. The highest BCUT2D eigenvalue weighted by molar-refractivity contribution is 6.15. The Morgan fingerprint density at radius 2 is 1.86 bits per heavy atom. The first-order valence-electron chi connectivity index (χ1n) is 9.72. The van der Waals surface area contributed by atoms with Gasteiger partial charge in [-0.15, -0.1) is 0 Å². The van der Waals surface area contributed by atoms with Gasteiger partial charge in [0.05, 0.1) is 24.1 Å². The van der Waals surface area contributed by atoms with E-state index in [1.165, 1.54) is 0 Å². The third-order valence-electron chi connectivity index (χ3n) is 4.86. The number of carbonyl (C=O) groups excluding carboxylic acids is 1. The number of carbonyl (C=O) groups is 1. The first-order chi connectivity index (χ1) is 13.8. The van der Waals surface area contributed by atoms with E-state index in [1.54, 1.807) is 10.9 Å². The Balaban J connectivity index is 1.53. The van der Waals surface area contributed by atoms with Gasteiger partial charge in [-0.05, 0) is 46.9 Å². The largest absolute Gasteiger partial charge is 0.493 e. The van der Waals surface area contributed by atoms with Gasteiger partial charge < -0.3 is 10.5 Å². The van der Waals surface area contributed by atoms with E-state index in [-0.39, 0.29) is 11.2 Å². The van der Waals surface area contributed by atoms with Crippen molar-refractivity contribution in [3.63, 3.8) is 0 Å². The monoisotopic (exact) mass is 387 g/mol. The summed E-state index contributed by atoms with van der Waals surface area (Å²) in [4.78, 5) is 13.0. The van der Waals surface area contributed by atoms with Crippen LogP contribution < -0.4 is 10.5 Å². The Labute approximate surface area is 170 Å². The van der Waals surface area contributed by atoms with Gasteiger partial charge in [-0.3, -0.25) is 4.79 Å². The zero-order valence-electron chi connectivity index (χ0n) is 17.0. The van der Waals surface area contributed by atoms with Crippen LogP contribution in [0.4, 0.5) is 5.82 Å². The van der Waals surface area contributed by atoms with Gasteiger partial charge >= 0.3 is 0 Å². The normalized spacial score (nSPS) is 13.1. The van der Waals surface area contributed by atoms with Gasteiger partial charge in [0.15, 0.2) is 5.78 Å². The lowest BCUT2D eigenvalue weighted by molar-refractivity contribution is 0.103. The molecule has 1 aliphatic rings. The van der Waals surface area contributed by atoms with Crippen molar-refractivity contribution in [1.29, 1.82) is 0 Å². The van der Waals surface area contributed by atoms with Crippen molar-refractivity contribution in [1.82, 2.24) is 9.78 Å². The first kappa shape index (κ1) is 19.0. The molecule has 0 fully saturated rings. The lowest BCUT2D eigenvalue weighted by atomic mass is 9.99. The number of ketones is 1. The second-order valence-electron chi connectivity index (χ2n) is 8.57. The molecular formula is C24H25N3O2. The smallest absolute Gasteiger partial charge is 0.194 e. The number of nitrogen functional groups attached to an aromatic ring is 1. The van der Waals surface area contributed by atoms with Crippen LogP contribution in [0.25, 0.3) is 11.8 Å². The number of fused-ring (bicyclic) bond motifs is 1. The van der Waals surface area contributed by atoms with E-state index in [2.05, 4.69) is 25.9 Å². The minimum atomic E-state index is -0.0740. The lowest BCUT2D eigenvalue weighted by Gasteiger charge is -2.18. The third kappa shape index (κ3) is 3.94. The summed E-state index contributed by atoms with van der Waals surface area (Å²) in [6.45, 7) is 7.01. The number of nitrogens with two attached hydrogens (primary N) is 1. The van der Waals surface area contributed by atoms with Crippen LogP contribution in [-0.4, -0.2) is 22.2 Å². The number of anilines is 1. The van der Waals surface area contributed by atoms with Gasteiger partial charge in [0.25, 0.3) is 0 Å². The molecule has 1 heterocycles. The number of hydrogen-bond acceptors (Lipinski definition) is 4. The number of rotatable bonds is 5. The molecule has 2 N–H and O–H groups in total. The molecular weight excluding hydrogens is 362 g/mol. The second kappa shape index (κ2) is 7.24. The molecule has 5 heteroatoms. The molecule has 0 saturated carbocycles. The predicted octanol–water partition coefficient (Wildman–Crippen LogP) is 4.70. The summed E-state index contributed by atoms with van der Waals surface area (Å²) in [7, 11) is 0. The summed E-state index contributed by atoms with van der Waals surface area (Å²) < 4.78 is 7.40. The van der Waals surface area contributed by atoms with Crippen molar-refractivity contribution in [2.24, 2.45) is 5.41 Å². The van der Waals surface area contributed by atoms with Gasteiger partial charge in [0.2, 0.25) is 0 Å². The van der Waals surface area contributed by atoms with Crippen molar-refractivity contribution in [3.05, 3.63) is 77.0 Å². The van der Waals surface area contributed by atoms with E-state index >= 15 is 0 Å². The van der Waals surface area contributed by atoms with E-state index in [9.17, 15) is 4.79 Å². The number of benzene rings is 2. The first-order valence-corrected chi connectivity index (χ1v) is 9.72. The van der Waals surface area contributed by atoms with Crippen LogP contribution in [-0.2, 0) is 6.42 Å². The Kier molecular flexibility index (Phi) is 4.74. The second-order valence-corrected chi connectivity index (χ2v) is 8.57. The number of hydrogen-bond donors (Lipinski definition) is 1. The Bertz CT molecular complexity index is 1090. The topological polar surface area (TPSA) is 70.1 Å². The van der Waals surface area contributed by atoms with E-state index < -0.39 is 0 Å². The zero-order valence-corrected chi connectivity index (χ0v) is 17.0. The summed E-state index contributed by atoms with van der Waals surface area (Å²) in [5.74, 6) is 1.06. The van der Waals surface area contributed by atoms with Crippen LogP contribution in [0, 0.1) is 5.41 Å². The Hall–Kier alpha value is -3.34. The summed E-state index contributed by atoms with van der Waals surface area (Å²) in [6.07, 6.45) is 4.11. The maximum Gasteiger partial charge on any atom is 0.194 e. The highest BCUT2D eigenvalue weighted by Crippen LogP contribution is 2.29. The summed E-state index contributed by atoms with van der Waals surface area (Å²) in [5.41, 5.74) is 10.6. The summed E-state index contributed by atoms with van der Waals surface area (Å²) in [5, 5.41) is 4.35. The van der Waals surface area contributed by atoms with Gasteiger partial charge in [0.1, 0.15) is 11.6 Å². The maximum atomic E-state index is 13.0. The Morgan fingerprint density at radius 3 is 2.55 bits per heavy atom. The number of nitrogens with zero attached hydrogens (tertiary/aromatic N) is 2. The van der Waals surface area contributed by atoms with Crippen LogP contribution in [0.5, 0.6) is 5.75 Å². The number of aromatic nitrogens is 2. The van der Waals surface area contributed by atoms with Crippen molar-refractivity contribution in [2.75, 3.05) is 12.3 Å². The fourth-order valence-electron chi connectivity index (χ4n) is 3.32. The van der Waals surface area contributed by atoms with E-state index in [0.717, 1.165) is 28.1 Å². The summed E-state index contributed by atoms with van der Waals surface area (Å²) in [6, 6.07) is 15.6. The van der Waals surface area contributed by atoms with Crippen LogP contribution in [0.15, 0.2) is 60.3 Å². The van der Waals surface area contributed by atoms with Crippen LogP contribution in [0.2, 0.25) is 0 Å². The van der Waals surface area contributed by atoms with E-state index in [0.29, 0.717) is 24.4 Å². The van der Waals surface area contributed by atoms with Crippen molar-refractivity contribution in [2.45, 2.75) is 27.2 Å². The standard InChI is InChI=1S/C24H25N3O2/c1-24(2,3)15-29-20-10-8-19(9-11-20)27-23(25)21(14-26-27)22(28)18-12-16-6-4-5-7-17(16)13-18/h4-12,14H,13,15,25H2,1-3H3. The summed E-state index contributed by atoms with van der Waals surface area (Å²) >= 11 is 0. The molecule has 0 amide bonds. The average Bonchev–Trinajstić information content (AvgIpc) is 3.29. The van der Waals surface area contributed by atoms with Crippen molar-refractivity contribution < 1.29 is 9.53 Å². The molecule has 1 aromatic heterocycles. The van der Waals surface area contributed by atoms with Gasteiger partial charge in [-0.1, -0.05) is 45.0 Å². The van der Waals surface area contributed by atoms with Crippen LogP contribution in [0.3, 0.4) is 0 Å². The average molecular weight is 387 g/mol. The Morgan fingerprint density at radius 1 is 1.14 bits per heavy atom. The molecule has 0 spiro atoms. The molecule has 1 aliphatic carbocycles. The minimum absolute atomic E-state index is 0.0740. The van der Waals surface area contributed by atoms with Crippen LogP contribution >= 0.6 is 0 Å².